The molecule has 3 atom stereocenters. The molecule has 0 saturated heterocycles. The van der Waals surface area contributed by atoms with E-state index >= 15 is 0 Å². The minimum absolute atomic E-state index is 0.326. The number of halogens is 3. The summed E-state index contributed by atoms with van der Waals surface area (Å²) in [4.78, 5) is 0. The van der Waals surface area contributed by atoms with E-state index < -0.39 is 12.1 Å². The molecule has 0 spiro atoms. The van der Waals surface area contributed by atoms with Gasteiger partial charge >= 0.3 is 6.18 Å². The number of hydrogen-bond donors (Lipinski definition) is 1. The van der Waals surface area contributed by atoms with E-state index in [1.54, 1.807) is 0 Å². The molecule has 0 aromatic heterocycles. The molecular weight excluding hydrogens is 299 g/mol. The number of allylic oxidation sites excluding steroid dienone is 2. The second-order valence-electron chi connectivity index (χ2n) is 8.09. The fourth-order valence-corrected chi connectivity index (χ4v) is 5.16. The van der Waals surface area contributed by atoms with Gasteiger partial charge in [-0.15, -0.1) is 0 Å². The van der Waals surface area contributed by atoms with Crippen molar-refractivity contribution in [1.29, 1.82) is 0 Å². The van der Waals surface area contributed by atoms with E-state index in [0.29, 0.717) is 24.8 Å². The Morgan fingerprint density at radius 2 is 1.65 bits per heavy atom. The Bertz CT molecular complexity index is 421. The Balaban J connectivity index is 1.50. The van der Waals surface area contributed by atoms with Gasteiger partial charge in [0, 0.05) is 6.04 Å². The summed E-state index contributed by atoms with van der Waals surface area (Å²) in [6.07, 6.45) is 8.90. The third-order valence-electron chi connectivity index (χ3n) is 6.62. The molecule has 0 heterocycles. The van der Waals surface area contributed by atoms with E-state index in [0.717, 1.165) is 37.5 Å². The second-order valence-corrected chi connectivity index (χ2v) is 8.09. The highest BCUT2D eigenvalue weighted by molar-refractivity contribution is 5.12. The maximum absolute atomic E-state index is 12.8. The molecule has 4 heteroatoms. The molecule has 0 aromatic rings. The molecular formula is C19H30F3N. The molecule has 2 N–H and O–H groups in total. The molecule has 2 saturated carbocycles. The van der Waals surface area contributed by atoms with Gasteiger partial charge in [-0.1, -0.05) is 24.5 Å². The minimum atomic E-state index is -3.99. The Labute approximate surface area is 137 Å². The molecule has 132 valence electrons. The highest BCUT2D eigenvalue weighted by atomic mass is 19.4. The molecule has 3 unspecified atom stereocenters. The van der Waals surface area contributed by atoms with Crippen LogP contribution in [0.3, 0.4) is 0 Å². The third kappa shape index (κ3) is 4.32. The van der Waals surface area contributed by atoms with Crippen LogP contribution in [0.25, 0.3) is 0 Å². The molecule has 3 aliphatic rings. The summed E-state index contributed by atoms with van der Waals surface area (Å²) < 4.78 is 38.3. The average molecular weight is 329 g/mol. The van der Waals surface area contributed by atoms with Crippen molar-refractivity contribution < 1.29 is 13.2 Å². The molecule has 0 aliphatic heterocycles. The number of nitrogens with two attached hydrogens (primary N) is 1. The quantitative estimate of drug-likeness (QED) is 0.656. The van der Waals surface area contributed by atoms with Gasteiger partial charge in [-0.25, -0.2) is 0 Å². The van der Waals surface area contributed by atoms with Crippen molar-refractivity contribution in [3.63, 3.8) is 0 Å². The first kappa shape index (κ1) is 17.3. The zero-order chi connectivity index (χ0) is 16.4. The monoisotopic (exact) mass is 329 g/mol. The lowest BCUT2D eigenvalue weighted by molar-refractivity contribution is -0.183. The summed E-state index contributed by atoms with van der Waals surface area (Å²) in [6, 6.07) is 0.386. The second kappa shape index (κ2) is 7.16. The fourth-order valence-electron chi connectivity index (χ4n) is 5.16. The van der Waals surface area contributed by atoms with Gasteiger partial charge in [0.25, 0.3) is 0 Å². The van der Waals surface area contributed by atoms with Crippen LogP contribution in [-0.2, 0) is 0 Å². The van der Waals surface area contributed by atoms with Gasteiger partial charge in [0.05, 0.1) is 5.92 Å². The SMILES string of the molecule is NC1CCCC(C2CC=C(C3CCC(C(F)(F)F)CC3)CC2)C1. The van der Waals surface area contributed by atoms with E-state index in [2.05, 4.69) is 6.08 Å². The summed E-state index contributed by atoms with van der Waals surface area (Å²) >= 11 is 0. The van der Waals surface area contributed by atoms with Gasteiger partial charge in [-0.05, 0) is 75.5 Å². The zero-order valence-corrected chi connectivity index (χ0v) is 14.0. The van der Waals surface area contributed by atoms with Crippen molar-refractivity contribution in [2.24, 2.45) is 29.4 Å². The van der Waals surface area contributed by atoms with Crippen LogP contribution >= 0.6 is 0 Å². The fraction of sp³-hybridized carbons (Fsp3) is 0.895. The highest BCUT2D eigenvalue weighted by Gasteiger charge is 2.42. The molecule has 0 bridgehead atoms. The van der Waals surface area contributed by atoms with Gasteiger partial charge in [0.1, 0.15) is 0 Å². The van der Waals surface area contributed by atoms with Crippen molar-refractivity contribution >= 4 is 0 Å². The van der Waals surface area contributed by atoms with Gasteiger partial charge in [0.2, 0.25) is 0 Å². The molecule has 3 aliphatic carbocycles. The van der Waals surface area contributed by atoms with E-state index in [1.165, 1.54) is 37.7 Å². The molecule has 2 fully saturated rings. The summed E-state index contributed by atoms with van der Waals surface area (Å²) in [7, 11) is 0. The van der Waals surface area contributed by atoms with Crippen molar-refractivity contribution in [3.05, 3.63) is 11.6 Å². The first-order valence-corrected chi connectivity index (χ1v) is 9.44. The predicted octanol–water partition coefficient (Wildman–Crippen LogP) is 5.60. The van der Waals surface area contributed by atoms with Gasteiger partial charge < -0.3 is 5.73 Å². The van der Waals surface area contributed by atoms with Gasteiger partial charge in [-0.2, -0.15) is 13.2 Å². The Hall–Kier alpha value is -0.510. The number of rotatable bonds is 2. The van der Waals surface area contributed by atoms with Crippen LogP contribution in [0.2, 0.25) is 0 Å². The van der Waals surface area contributed by atoms with Crippen molar-refractivity contribution in [1.82, 2.24) is 0 Å². The maximum atomic E-state index is 12.8. The molecule has 23 heavy (non-hydrogen) atoms. The summed E-state index contributed by atoms with van der Waals surface area (Å²) in [5.74, 6) is 0.900. The third-order valence-corrected chi connectivity index (χ3v) is 6.62. The minimum Gasteiger partial charge on any atom is -0.328 e. The summed E-state index contributed by atoms with van der Waals surface area (Å²) in [5, 5.41) is 0. The zero-order valence-electron chi connectivity index (χ0n) is 14.0. The lowest BCUT2D eigenvalue weighted by Crippen LogP contribution is -2.32. The Morgan fingerprint density at radius 1 is 0.913 bits per heavy atom. The number of alkyl halides is 3. The molecule has 1 nitrogen and oxygen atoms in total. The summed E-state index contributed by atoms with van der Waals surface area (Å²) in [6.45, 7) is 0. The molecule has 0 radical (unpaired) electrons. The van der Waals surface area contributed by atoms with Gasteiger partial charge in [0.15, 0.2) is 0 Å². The van der Waals surface area contributed by atoms with Crippen molar-refractivity contribution in [2.75, 3.05) is 0 Å². The predicted molar refractivity (Wildman–Crippen MR) is 86.9 cm³/mol. The Morgan fingerprint density at radius 3 is 2.22 bits per heavy atom. The largest absolute Gasteiger partial charge is 0.391 e. The number of hydrogen-bond acceptors (Lipinski definition) is 1. The van der Waals surface area contributed by atoms with E-state index in [-0.39, 0.29) is 0 Å². The smallest absolute Gasteiger partial charge is 0.328 e. The maximum Gasteiger partial charge on any atom is 0.391 e. The van der Waals surface area contributed by atoms with E-state index in [9.17, 15) is 13.2 Å². The molecule has 0 aromatic carbocycles. The van der Waals surface area contributed by atoms with E-state index in [1.807, 2.05) is 0 Å². The van der Waals surface area contributed by atoms with Crippen LogP contribution in [0.1, 0.15) is 70.6 Å². The first-order chi connectivity index (χ1) is 10.9. The van der Waals surface area contributed by atoms with Gasteiger partial charge in [-0.3, -0.25) is 0 Å². The lowest BCUT2D eigenvalue weighted by Gasteiger charge is -2.37. The Kier molecular flexibility index (Phi) is 5.39. The van der Waals surface area contributed by atoms with Crippen LogP contribution in [0, 0.1) is 23.7 Å². The topological polar surface area (TPSA) is 26.0 Å². The van der Waals surface area contributed by atoms with Crippen LogP contribution in [0.15, 0.2) is 11.6 Å². The standard InChI is InChI=1S/C19H30F3N/c20-19(21,22)17-10-8-14(9-11-17)13-4-6-15(7-5-13)16-2-1-3-18(23)12-16/h4,14-18H,1-3,5-12,23H2. The molecule has 3 rings (SSSR count). The van der Waals surface area contributed by atoms with Crippen molar-refractivity contribution in [3.8, 4) is 0 Å². The van der Waals surface area contributed by atoms with Crippen LogP contribution in [-0.4, -0.2) is 12.2 Å². The van der Waals surface area contributed by atoms with E-state index in [4.69, 9.17) is 5.73 Å². The average Bonchev–Trinajstić information content (AvgIpc) is 2.54. The summed E-state index contributed by atoms with van der Waals surface area (Å²) in [5.41, 5.74) is 7.58. The highest BCUT2D eigenvalue weighted by Crippen LogP contribution is 2.45. The van der Waals surface area contributed by atoms with Crippen LogP contribution in [0.5, 0.6) is 0 Å². The van der Waals surface area contributed by atoms with Crippen LogP contribution in [0.4, 0.5) is 13.2 Å². The van der Waals surface area contributed by atoms with Crippen molar-refractivity contribution in [2.45, 2.75) is 82.8 Å². The lowest BCUT2D eigenvalue weighted by atomic mass is 9.69. The first-order valence-electron chi connectivity index (χ1n) is 9.44. The van der Waals surface area contributed by atoms with Crippen LogP contribution < -0.4 is 5.73 Å². The molecule has 0 amide bonds. The normalized spacial score (nSPS) is 39.8.